The molecule has 2 aromatic heterocycles. The predicted molar refractivity (Wildman–Crippen MR) is 98.8 cm³/mol. The first kappa shape index (κ1) is 15.7. The van der Waals surface area contributed by atoms with Gasteiger partial charge in [-0.25, -0.2) is 19.0 Å². The lowest BCUT2D eigenvalue weighted by Gasteiger charge is -2.08. The van der Waals surface area contributed by atoms with Gasteiger partial charge in [0.15, 0.2) is 5.65 Å². The maximum absolute atomic E-state index is 13.1. The molecule has 0 saturated heterocycles. The third-order valence-electron chi connectivity index (χ3n) is 3.86. The molecule has 0 radical (unpaired) electrons. The maximum atomic E-state index is 13.1. The topological polar surface area (TPSA) is 55.6 Å². The van der Waals surface area contributed by atoms with Gasteiger partial charge in [-0.1, -0.05) is 15.9 Å². The third kappa shape index (κ3) is 2.98. The molecule has 2 aromatic carbocycles. The highest BCUT2D eigenvalue weighted by Crippen LogP contribution is 2.26. The van der Waals surface area contributed by atoms with Crippen LogP contribution in [0.25, 0.3) is 16.7 Å². The quantitative estimate of drug-likeness (QED) is 0.540. The third-order valence-corrected chi connectivity index (χ3v) is 4.75. The van der Waals surface area contributed by atoms with E-state index in [-0.39, 0.29) is 5.82 Å². The summed E-state index contributed by atoms with van der Waals surface area (Å²) in [4.78, 5) is 8.65. The molecule has 7 heteroatoms. The fourth-order valence-corrected chi connectivity index (χ4v) is 2.82. The van der Waals surface area contributed by atoms with Crippen LogP contribution in [0.2, 0.25) is 0 Å². The summed E-state index contributed by atoms with van der Waals surface area (Å²) in [6, 6.07) is 12.1. The number of aryl methyl sites for hydroxylation is 1. The first-order valence-corrected chi connectivity index (χ1v) is 8.39. The SMILES string of the molecule is Cc1cc(Nc2ncnc3c2cnn3-c2ccc(F)cc2)ccc1Br. The van der Waals surface area contributed by atoms with Crippen molar-refractivity contribution in [1.29, 1.82) is 0 Å². The number of hydrogen-bond acceptors (Lipinski definition) is 4. The summed E-state index contributed by atoms with van der Waals surface area (Å²) in [5.74, 6) is 0.378. The van der Waals surface area contributed by atoms with Gasteiger partial charge in [-0.05, 0) is 55.0 Å². The van der Waals surface area contributed by atoms with Gasteiger partial charge in [0.05, 0.1) is 17.3 Å². The van der Waals surface area contributed by atoms with E-state index >= 15 is 0 Å². The smallest absolute Gasteiger partial charge is 0.168 e. The van der Waals surface area contributed by atoms with Gasteiger partial charge in [-0.2, -0.15) is 5.10 Å². The molecular weight excluding hydrogens is 385 g/mol. The van der Waals surface area contributed by atoms with E-state index in [1.807, 2.05) is 25.1 Å². The van der Waals surface area contributed by atoms with Crippen LogP contribution in [0.1, 0.15) is 5.56 Å². The van der Waals surface area contributed by atoms with Crippen LogP contribution in [-0.2, 0) is 0 Å². The fourth-order valence-electron chi connectivity index (χ4n) is 2.57. The molecule has 0 saturated carbocycles. The Morgan fingerprint density at radius 1 is 1.08 bits per heavy atom. The Bertz CT molecular complexity index is 1060. The number of anilines is 2. The molecule has 0 bridgehead atoms. The summed E-state index contributed by atoms with van der Waals surface area (Å²) in [6.45, 7) is 2.03. The average Bonchev–Trinajstić information content (AvgIpc) is 3.04. The maximum Gasteiger partial charge on any atom is 0.168 e. The molecule has 0 spiro atoms. The van der Waals surface area contributed by atoms with E-state index in [2.05, 4.69) is 36.3 Å². The minimum Gasteiger partial charge on any atom is -0.340 e. The summed E-state index contributed by atoms with van der Waals surface area (Å²) in [7, 11) is 0. The molecule has 4 rings (SSSR count). The van der Waals surface area contributed by atoms with Gasteiger partial charge in [0.1, 0.15) is 18.0 Å². The monoisotopic (exact) mass is 397 g/mol. The summed E-state index contributed by atoms with van der Waals surface area (Å²) in [5.41, 5.74) is 3.44. The van der Waals surface area contributed by atoms with Crippen molar-refractivity contribution in [2.75, 3.05) is 5.32 Å². The van der Waals surface area contributed by atoms with Gasteiger partial charge in [0.2, 0.25) is 0 Å². The van der Waals surface area contributed by atoms with Crippen LogP contribution >= 0.6 is 15.9 Å². The summed E-state index contributed by atoms with van der Waals surface area (Å²) < 4.78 is 15.9. The molecule has 1 N–H and O–H groups in total. The Morgan fingerprint density at radius 3 is 2.64 bits per heavy atom. The van der Waals surface area contributed by atoms with Crippen LogP contribution in [0, 0.1) is 12.7 Å². The second-order valence-electron chi connectivity index (χ2n) is 5.58. The first-order chi connectivity index (χ1) is 12.1. The van der Waals surface area contributed by atoms with E-state index in [1.54, 1.807) is 23.0 Å². The second-order valence-corrected chi connectivity index (χ2v) is 6.44. The van der Waals surface area contributed by atoms with E-state index in [0.717, 1.165) is 26.8 Å². The molecule has 25 heavy (non-hydrogen) atoms. The molecule has 0 amide bonds. The predicted octanol–water partition coefficient (Wildman–Crippen LogP) is 4.77. The number of nitrogens with one attached hydrogen (secondary N) is 1. The number of nitrogens with zero attached hydrogens (tertiary/aromatic N) is 4. The zero-order valence-electron chi connectivity index (χ0n) is 13.2. The van der Waals surface area contributed by atoms with Gasteiger partial charge in [-0.3, -0.25) is 0 Å². The molecule has 5 nitrogen and oxygen atoms in total. The van der Waals surface area contributed by atoms with Crippen molar-refractivity contribution in [2.45, 2.75) is 6.92 Å². The largest absolute Gasteiger partial charge is 0.340 e. The molecule has 0 aliphatic carbocycles. The lowest BCUT2D eigenvalue weighted by atomic mass is 10.2. The first-order valence-electron chi connectivity index (χ1n) is 7.60. The number of aromatic nitrogens is 4. The zero-order valence-corrected chi connectivity index (χ0v) is 14.8. The minimum absolute atomic E-state index is 0.289. The van der Waals surface area contributed by atoms with Crippen LogP contribution in [-0.4, -0.2) is 19.7 Å². The van der Waals surface area contributed by atoms with Crippen molar-refractivity contribution in [1.82, 2.24) is 19.7 Å². The summed E-state index contributed by atoms with van der Waals surface area (Å²) in [6.07, 6.45) is 3.19. The number of fused-ring (bicyclic) bond motifs is 1. The summed E-state index contributed by atoms with van der Waals surface area (Å²) >= 11 is 3.50. The van der Waals surface area contributed by atoms with Crippen LogP contribution in [0.15, 0.2) is 59.5 Å². The zero-order chi connectivity index (χ0) is 17.4. The Labute approximate surface area is 151 Å². The molecule has 4 aromatic rings. The lowest BCUT2D eigenvalue weighted by molar-refractivity contribution is 0.627. The van der Waals surface area contributed by atoms with Crippen molar-refractivity contribution in [3.63, 3.8) is 0 Å². The lowest BCUT2D eigenvalue weighted by Crippen LogP contribution is -1.99. The van der Waals surface area contributed by atoms with Crippen molar-refractivity contribution in [3.05, 3.63) is 70.8 Å². The van der Waals surface area contributed by atoms with Gasteiger partial charge < -0.3 is 5.32 Å². The van der Waals surface area contributed by atoms with Crippen LogP contribution in [0.5, 0.6) is 0 Å². The molecule has 0 aliphatic heterocycles. The van der Waals surface area contributed by atoms with Crippen LogP contribution in [0.4, 0.5) is 15.9 Å². The van der Waals surface area contributed by atoms with Crippen LogP contribution < -0.4 is 5.32 Å². The van der Waals surface area contributed by atoms with Crippen molar-refractivity contribution in [3.8, 4) is 5.69 Å². The van der Waals surface area contributed by atoms with Gasteiger partial charge >= 0.3 is 0 Å². The highest BCUT2D eigenvalue weighted by molar-refractivity contribution is 9.10. The highest BCUT2D eigenvalue weighted by Gasteiger charge is 2.11. The standard InChI is InChI=1S/C18H13BrFN5/c1-11-8-13(4-7-16(11)19)24-17-15-9-23-25(18(15)22-10-21-17)14-5-2-12(20)3-6-14/h2-10H,1H3,(H,21,22,24). The Morgan fingerprint density at radius 2 is 1.88 bits per heavy atom. The van der Waals surface area contributed by atoms with Crippen molar-refractivity contribution < 1.29 is 4.39 Å². The van der Waals surface area contributed by atoms with Crippen molar-refractivity contribution >= 4 is 38.5 Å². The number of benzene rings is 2. The van der Waals surface area contributed by atoms with E-state index in [1.165, 1.54) is 18.5 Å². The van der Waals surface area contributed by atoms with E-state index in [0.29, 0.717) is 11.5 Å². The highest BCUT2D eigenvalue weighted by atomic mass is 79.9. The Kier molecular flexibility index (Phi) is 3.93. The molecule has 0 atom stereocenters. The van der Waals surface area contributed by atoms with Crippen LogP contribution in [0.3, 0.4) is 0 Å². The van der Waals surface area contributed by atoms with E-state index in [9.17, 15) is 4.39 Å². The fraction of sp³-hybridized carbons (Fsp3) is 0.0556. The molecular formula is C18H13BrFN5. The molecule has 0 unspecified atom stereocenters. The Hall–Kier alpha value is -2.80. The minimum atomic E-state index is -0.289. The normalized spacial score (nSPS) is 11.0. The second kappa shape index (κ2) is 6.25. The Balaban J connectivity index is 1.76. The number of rotatable bonds is 3. The summed E-state index contributed by atoms with van der Waals surface area (Å²) in [5, 5.41) is 8.46. The molecule has 2 heterocycles. The molecule has 124 valence electrons. The number of hydrogen-bond donors (Lipinski definition) is 1. The van der Waals surface area contributed by atoms with E-state index < -0.39 is 0 Å². The molecule has 0 aliphatic rings. The average molecular weight is 398 g/mol. The number of halogens is 2. The molecule has 0 fully saturated rings. The van der Waals surface area contributed by atoms with Crippen molar-refractivity contribution in [2.24, 2.45) is 0 Å². The van der Waals surface area contributed by atoms with E-state index in [4.69, 9.17) is 0 Å². The van der Waals surface area contributed by atoms with Gasteiger partial charge in [0.25, 0.3) is 0 Å². The van der Waals surface area contributed by atoms with Gasteiger partial charge in [0, 0.05) is 10.2 Å². The van der Waals surface area contributed by atoms with Gasteiger partial charge in [-0.15, -0.1) is 0 Å².